The normalized spacial score (nSPS) is 24.1. The number of amides is 1. The SMILES string of the molecule is NC(=O)C1(c2cc3cc(-c4cnccc4C4CC4)cc(Cl)c3nn2)CC1F. The number of hydrogen-bond acceptors (Lipinski definition) is 4. The van der Waals surface area contributed by atoms with Crippen LogP contribution in [0.2, 0.25) is 5.02 Å². The van der Waals surface area contributed by atoms with Crippen LogP contribution in [0.5, 0.6) is 0 Å². The zero-order valence-electron chi connectivity index (χ0n) is 14.3. The van der Waals surface area contributed by atoms with Crippen LogP contribution in [0.3, 0.4) is 0 Å². The van der Waals surface area contributed by atoms with Crippen LogP contribution in [0.1, 0.15) is 36.4 Å². The van der Waals surface area contributed by atoms with E-state index < -0.39 is 17.5 Å². The first-order valence-electron chi connectivity index (χ1n) is 8.86. The lowest BCUT2D eigenvalue weighted by atomic mass is 9.96. The largest absolute Gasteiger partial charge is 0.369 e. The quantitative estimate of drug-likeness (QED) is 0.746. The molecule has 0 spiro atoms. The number of carbonyl (C=O) groups excluding carboxylic acids is 1. The molecule has 0 bridgehead atoms. The number of hydrogen-bond donors (Lipinski definition) is 1. The predicted octanol–water partition coefficient (Wildman–Crippen LogP) is 3.69. The van der Waals surface area contributed by atoms with Crippen molar-refractivity contribution in [2.45, 2.75) is 36.8 Å². The molecular weight excluding hydrogens is 367 g/mol. The molecular formula is C20H16ClFN4O. The van der Waals surface area contributed by atoms with Gasteiger partial charge in [0, 0.05) is 29.8 Å². The van der Waals surface area contributed by atoms with Crippen LogP contribution in [0, 0.1) is 0 Å². The number of primary amides is 1. The van der Waals surface area contributed by atoms with Gasteiger partial charge >= 0.3 is 0 Å². The van der Waals surface area contributed by atoms with Gasteiger partial charge in [-0.2, -0.15) is 5.10 Å². The maximum Gasteiger partial charge on any atom is 0.232 e. The third kappa shape index (κ3) is 2.51. The van der Waals surface area contributed by atoms with Crippen molar-refractivity contribution in [3.8, 4) is 11.1 Å². The highest BCUT2D eigenvalue weighted by Gasteiger charge is 2.63. The third-order valence-corrected chi connectivity index (χ3v) is 5.89. The molecule has 2 N–H and O–H groups in total. The van der Waals surface area contributed by atoms with Gasteiger partial charge in [0.25, 0.3) is 0 Å². The summed E-state index contributed by atoms with van der Waals surface area (Å²) < 4.78 is 13.9. The Morgan fingerprint density at radius 1 is 1.26 bits per heavy atom. The molecule has 2 aliphatic rings. The number of fused-ring (bicyclic) bond motifs is 1. The molecule has 2 fully saturated rings. The molecule has 2 atom stereocenters. The van der Waals surface area contributed by atoms with Gasteiger partial charge in [-0.1, -0.05) is 11.6 Å². The molecule has 2 aliphatic carbocycles. The number of nitrogens with zero attached hydrogens (tertiary/aromatic N) is 3. The number of aromatic nitrogens is 3. The van der Waals surface area contributed by atoms with Crippen LogP contribution in [0.25, 0.3) is 22.0 Å². The average molecular weight is 383 g/mol. The number of benzene rings is 1. The lowest BCUT2D eigenvalue weighted by Gasteiger charge is -2.13. The predicted molar refractivity (Wildman–Crippen MR) is 100 cm³/mol. The Morgan fingerprint density at radius 2 is 2.04 bits per heavy atom. The fraction of sp³-hybridized carbons (Fsp3) is 0.300. The van der Waals surface area contributed by atoms with E-state index in [-0.39, 0.29) is 12.1 Å². The maximum atomic E-state index is 13.9. The zero-order chi connectivity index (χ0) is 18.8. The van der Waals surface area contributed by atoms with E-state index in [9.17, 15) is 9.18 Å². The van der Waals surface area contributed by atoms with E-state index in [0.717, 1.165) is 11.1 Å². The summed E-state index contributed by atoms with van der Waals surface area (Å²) in [6.07, 6.45) is 4.71. The number of halogens is 2. The molecule has 2 unspecified atom stereocenters. The lowest BCUT2D eigenvalue weighted by Crippen LogP contribution is -2.32. The van der Waals surface area contributed by atoms with Gasteiger partial charge in [0.05, 0.1) is 10.7 Å². The van der Waals surface area contributed by atoms with Crippen molar-refractivity contribution in [2.75, 3.05) is 0 Å². The second-order valence-corrected chi connectivity index (χ2v) is 7.78. The van der Waals surface area contributed by atoms with Crippen molar-refractivity contribution < 1.29 is 9.18 Å². The van der Waals surface area contributed by atoms with Crippen LogP contribution in [0.15, 0.2) is 36.7 Å². The Hall–Kier alpha value is -2.60. The molecule has 0 saturated heterocycles. The van der Waals surface area contributed by atoms with Crippen molar-refractivity contribution in [2.24, 2.45) is 5.73 Å². The molecule has 0 aliphatic heterocycles. The van der Waals surface area contributed by atoms with Gasteiger partial charge in [-0.05, 0) is 54.2 Å². The maximum absolute atomic E-state index is 13.9. The van der Waals surface area contributed by atoms with E-state index in [0.29, 0.717) is 21.8 Å². The summed E-state index contributed by atoms with van der Waals surface area (Å²) in [7, 11) is 0. The van der Waals surface area contributed by atoms with Crippen molar-refractivity contribution in [1.82, 2.24) is 15.2 Å². The lowest BCUT2D eigenvalue weighted by molar-refractivity contribution is -0.121. The minimum atomic E-state index is -1.36. The van der Waals surface area contributed by atoms with Crippen molar-refractivity contribution in [3.63, 3.8) is 0 Å². The Kier molecular flexibility index (Phi) is 3.49. The number of rotatable bonds is 4. The monoisotopic (exact) mass is 382 g/mol. The molecule has 1 aromatic carbocycles. The minimum absolute atomic E-state index is 0.0460. The second-order valence-electron chi connectivity index (χ2n) is 7.37. The van der Waals surface area contributed by atoms with Gasteiger partial charge in [-0.25, -0.2) is 4.39 Å². The van der Waals surface area contributed by atoms with E-state index in [1.54, 1.807) is 12.3 Å². The first kappa shape index (κ1) is 16.6. The Bertz CT molecular complexity index is 1100. The van der Waals surface area contributed by atoms with Crippen LogP contribution < -0.4 is 5.73 Å². The van der Waals surface area contributed by atoms with Gasteiger partial charge < -0.3 is 5.73 Å². The van der Waals surface area contributed by atoms with Crippen LogP contribution in [-0.4, -0.2) is 27.3 Å². The molecule has 7 heteroatoms. The third-order valence-electron chi connectivity index (χ3n) is 5.60. The summed E-state index contributed by atoms with van der Waals surface area (Å²) in [5.41, 5.74) is 8.04. The highest BCUT2D eigenvalue weighted by atomic mass is 35.5. The summed E-state index contributed by atoms with van der Waals surface area (Å²) in [5, 5.41) is 9.33. The highest BCUT2D eigenvalue weighted by Crippen LogP contribution is 2.50. The summed E-state index contributed by atoms with van der Waals surface area (Å²) >= 11 is 6.44. The smallest absolute Gasteiger partial charge is 0.232 e. The highest BCUT2D eigenvalue weighted by molar-refractivity contribution is 6.35. The van der Waals surface area contributed by atoms with Gasteiger partial charge in [0.2, 0.25) is 5.91 Å². The van der Waals surface area contributed by atoms with Gasteiger partial charge in [-0.3, -0.25) is 9.78 Å². The zero-order valence-corrected chi connectivity index (χ0v) is 15.1. The Morgan fingerprint density at radius 3 is 2.70 bits per heavy atom. The van der Waals surface area contributed by atoms with Crippen molar-refractivity contribution in [1.29, 1.82) is 0 Å². The van der Waals surface area contributed by atoms with Crippen molar-refractivity contribution >= 4 is 28.4 Å². The van der Waals surface area contributed by atoms with Gasteiger partial charge in [-0.15, -0.1) is 5.10 Å². The summed E-state index contributed by atoms with van der Waals surface area (Å²) in [5.74, 6) is -0.158. The van der Waals surface area contributed by atoms with Crippen molar-refractivity contribution in [3.05, 3.63) is 52.9 Å². The van der Waals surface area contributed by atoms with E-state index in [2.05, 4.69) is 15.2 Å². The summed E-state index contributed by atoms with van der Waals surface area (Å²) in [4.78, 5) is 16.1. The first-order valence-corrected chi connectivity index (χ1v) is 9.24. The van der Waals surface area contributed by atoms with Gasteiger partial charge in [0.1, 0.15) is 17.1 Å². The van der Waals surface area contributed by atoms with E-state index in [1.165, 1.54) is 18.4 Å². The molecule has 0 radical (unpaired) electrons. The van der Waals surface area contributed by atoms with Crippen LogP contribution in [0.4, 0.5) is 4.39 Å². The molecule has 136 valence electrons. The summed E-state index contributed by atoms with van der Waals surface area (Å²) in [6, 6.07) is 7.50. The van der Waals surface area contributed by atoms with Crippen LogP contribution in [-0.2, 0) is 10.2 Å². The standard InChI is InChI=1S/C20H16ClFN4O/c21-15-6-11(14-9-24-4-3-13(14)10-1-2-10)5-12-7-17(25-26-18(12)15)20(19(23)27)8-16(20)22/h3-7,9-10,16H,1-2,8H2,(H2,23,27). The molecule has 5 rings (SSSR count). The molecule has 2 heterocycles. The molecule has 5 nitrogen and oxygen atoms in total. The first-order chi connectivity index (χ1) is 13.0. The van der Waals surface area contributed by atoms with E-state index in [4.69, 9.17) is 17.3 Å². The van der Waals surface area contributed by atoms with Crippen LogP contribution >= 0.6 is 11.6 Å². The Labute approximate surface area is 159 Å². The number of alkyl halides is 1. The molecule has 2 saturated carbocycles. The molecule has 27 heavy (non-hydrogen) atoms. The summed E-state index contributed by atoms with van der Waals surface area (Å²) in [6.45, 7) is 0. The van der Waals surface area contributed by atoms with Gasteiger partial charge in [0.15, 0.2) is 0 Å². The fourth-order valence-electron chi connectivity index (χ4n) is 3.76. The number of carbonyl (C=O) groups is 1. The molecule has 2 aromatic heterocycles. The van der Waals surface area contributed by atoms with E-state index >= 15 is 0 Å². The Balaban J connectivity index is 1.67. The minimum Gasteiger partial charge on any atom is -0.369 e. The molecule has 1 amide bonds. The topological polar surface area (TPSA) is 81.8 Å². The second kappa shape index (κ2) is 5.70. The van der Waals surface area contributed by atoms with E-state index in [1.807, 2.05) is 24.4 Å². The number of pyridine rings is 1. The fourth-order valence-corrected chi connectivity index (χ4v) is 4.02. The average Bonchev–Trinajstić information content (AvgIpc) is 3.57. The molecule has 3 aromatic rings. The number of nitrogens with two attached hydrogens (primary N) is 1.